The normalized spacial score (nSPS) is 11.2. The fourth-order valence-electron chi connectivity index (χ4n) is 1.77. The molecule has 0 atom stereocenters. The van der Waals surface area contributed by atoms with Crippen LogP contribution in [0.3, 0.4) is 0 Å². The largest absolute Gasteiger partial charge is 0.573 e. The molecule has 26 heavy (non-hydrogen) atoms. The molecule has 0 spiro atoms. The van der Waals surface area contributed by atoms with E-state index in [4.69, 9.17) is 33.1 Å². The van der Waals surface area contributed by atoms with Crippen molar-refractivity contribution >= 4 is 41.2 Å². The number of nitrogens with two attached hydrogens (primary N) is 1. The predicted molar refractivity (Wildman–Crippen MR) is 88.9 cm³/mol. The molecule has 0 aliphatic rings. The highest BCUT2D eigenvalue weighted by molar-refractivity contribution is 7.95. The third-order valence-electron chi connectivity index (χ3n) is 2.77. The molecule has 0 aliphatic carbocycles. The van der Waals surface area contributed by atoms with Gasteiger partial charge >= 0.3 is 6.36 Å². The first-order chi connectivity index (χ1) is 12.1. The number of rotatable bonds is 5. The zero-order valence-corrected chi connectivity index (χ0v) is 14.7. The van der Waals surface area contributed by atoms with Gasteiger partial charge in [0.1, 0.15) is 23.1 Å². The molecule has 5 nitrogen and oxygen atoms in total. The molecule has 0 aromatic heterocycles. The highest BCUT2D eigenvalue weighted by Crippen LogP contribution is 2.36. The van der Waals surface area contributed by atoms with Crippen LogP contribution in [-0.2, 0) is 0 Å². The molecule has 0 saturated carbocycles. The van der Waals surface area contributed by atoms with E-state index >= 15 is 0 Å². The van der Waals surface area contributed by atoms with Crippen molar-refractivity contribution in [2.24, 2.45) is 5.14 Å². The summed E-state index contributed by atoms with van der Waals surface area (Å²) in [5, 5.41) is 4.56. The van der Waals surface area contributed by atoms with Crippen LogP contribution in [0.4, 0.5) is 17.6 Å². The highest BCUT2D eigenvalue weighted by atomic mass is 35.5. The smallest absolute Gasteiger partial charge is 0.456 e. The van der Waals surface area contributed by atoms with Gasteiger partial charge in [0.2, 0.25) is 0 Å². The van der Waals surface area contributed by atoms with E-state index < -0.39 is 23.8 Å². The van der Waals surface area contributed by atoms with Gasteiger partial charge in [0, 0.05) is 24.3 Å². The minimum Gasteiger partial charge on any atom is -0.456 e. The molecule has 0 fully saturated rings. The number of hydrogen-bond donors (Lipinski definition) is 2. The lowest BCUT2D eigenvalue weighted by atomic mass is 10.2. The standard InChI is InChI=1S/C14H8Cl2F4N2O3S/c15-8-3-6(1-2-11(8)25-14(18,19)20)24-12-5-10(17)7(4-9(12)16)13(23)22-26-21/h1-5H,21H2,(H,22,23). The average Bonchev–Trinajstić information content (AvgIpc) is 2.52. The molecule has 0 saturated heterocycles. The van der Waals surface area contributed by atoms with Gasteiger partial charge < -0.3 is 9.47 Å². The van der Waals surface area contributed by atoms with Crippen LogP contribution < -0.4 is 19.3 Å². The van der Waals surface area contributed by atoms with Crippen molar-refractivity contribution in [2.75, 3.05) is 0 Å². The maximum absolute atomic E-state index is 14.0. The van der Waals surface area contributed by atoms with Crippen molar-refractivity contribution in [3.8, 4) is 17.2 Å². The molecule has 0 radical (unpaired) electrons. The molecule has 140 valence electrons. The van der Waals surface area contributed by atoms with Gasteiger partial charge in [0.25, 0.3) is 5.91 Å². The van der Waals surface area contributed by atoms with E-state index in [0.29, 0.717) is 12.1 Å². The summed E-state index contributed by atoms with van der Waals surface area (Å²) in [7, 11) is 0. The minimum atomic E-state index is -4.91. The van der Waals surface area contributed by atoms with Crippen LogP contribution in [0.5, 0.6) is 17.2 Å². The fraction of sp³-hybridized carbons (Fsp3) is 0.0714. The van der Waals surface area contributed by atoms with E-state index in [2.05, 4.69) is 9.46 Å². The van der Waals surface area contributed by atoms with Gasteiger partial charge in [-0.1, -0.05) is 23.2 Å². The zero-order valence-electron chi connectivity index (χ0n) is 12.4. The Hall–Kier alpha value is -1.88. The molecule has 0 unspecified atom stereocenters. The van der Waals surface area contributed by atoms with Gasteiger partial charge in [-0.2, -0.15) is 0 Å². The molecule has 2 aromatic rings. The number of carbonyl (C=O) groups is 1. The lowest BCUT2D eigenvalue weighted by molar-refractivity contribution is -0.274. The van der Waals surface area contributed by atoms with Crippen molar-refractivity contribution in [1.82, 2.24) is 4.72 Å². The van der Waals surface area contributed by atoms with E-state index in [1.54, 1.807) is 0 Å². The molecule has 0 bridgehead atoms. The summed E-state index contributed by atoms with van der Waals surface area (Å²) in [6.07, 6.45) is -4.91. The molecule has 0 aliphatic heterocycles. The Bertz CT molecular complexity index is 837. The first-order valence-electron chi connectivity index (χ1n) is 6.49. The Labute approximate surface area is 158 Å². The van der Waals surface area contributed by atoms with Crippen LogP contribution in [0.15, 0.2) is 30.3 Å². The minimum absolute atomic E-state index is 0.0273. The third kappa shape index (κ3) is 5.31. The number of halogens is 6. The third-order valence-corrected chi connectivity index (χ3v) is 3.67. The molecule has 2 rings (SSSR count). The van der Waals surface area contributed by atoms with Crippen LogP contribution in [0.2, 0.25) is 10.0 Å². The van der Waals surface area contributed by atoms with Gasteiger partial charge in [-0.05, 0) is 18.2 Å². The van der Waals surface area contributed by atoms with Gasteiger partial charge in [0.15, 0.2) is 0 Å². The van der Waals surface area contributed by atoms with Crippen LogP contribution in [0, 0.1) is 5.82 Å². The Morgan fingerprint density at radius 2 is 1.77 bits per heavy atom. The van der Waals surface area contributed by atoms with E-state index in [1.807, 2.05) is 0 Å². The van der Waals surface area contributed by atoms with Crippen molar-refractivity contribution in [3.63, 3.8) is 0 Å². The molecule has 3 N–H and O–H groups in total. The molecular weight excluding hydrogens is 423 g/mol. The highest BCUT2D eigenvalue weighted by Gasteiger charge is 2.32. The maximum atomic E-state index is 14.0. The lowest BCUT2D eigenvalue weighted by Crippen LogP contribution is -2.19. The van der Waals surface area contributed by atoms with Crippen molar-refractivity contribution in [3.05, 3.63) is 51.8 Å². The van der Waals surface area contributed by atoms with Crippen LogP contribution in [0.1, 0.15) is 10.4 Å². The fourth-order valence-corrected chi connectivity index (χ4v) is 2.40. The second kappa shape index (κ2) is 8.21. The second-order valence-corrected chi connectivity index (χ2v) is 5.81. The summed E-state index contributed by atoms with van der Waals surface area (Å²) >= 11 is 12.1. The van der Waals surface area contributed by atoms with Gasteiger partial charge in [-0.3, -0.25) is 14.7 Å². The number of amides is 1. The quantitative estimate of drug-likeness (QED) is 0.511. The summed E-state index contributed by atoms with van der Waals surface area (Å²) in [4.78, 5) is 11.6. The Kier molecular flexibility index (Phi) is 6.45. The number of ether oxygens (including phenoxy) is 2. The second-order valence-electron chi connectivity index (χ2n) is 4.55. The lowest BCUT2D eigenvalue weighted by Gasteiger charge is -2.13. The van der Waals surface area contributed by atoms with Crippen molar-refractivity contribution in [1.29, 1.82) is 0 Å². The van der Waals surface area contributed by atoms with Gasteiger partial charge in [-0.25, -0.2) is 4.39 Å². The van der Waals surface area contributed by atoms with E-state index in [1.165, 1.54) is 0 Å². The van der Waals surface area contributed by atoms with Crippen LogP contribution in [0.25, 0.3) is 0 Å². The van der Waals surface area contributed by atoms with E-state index in [0.717, 1.165) is 30.3 Å². The number of hydrogen-bond acceptors (Lipinski definition) is 5. The average molecular weight is 431 g/mol. The van der Waals surface area contributed by atoms with E-state index in [9.17, 15) is 22.4 Å². The number of nitrogens with one attached hydrogen (secondary N) is 1. The summed E-state index contributed by atoms with van der Waals surface area (Å²) < 4.78 is 61.8. The van der Waals surface area contributed by atoms with Gasteiger partial charge in [-0.15, -0.1) is 13.2 Å². The SMILES string of the molecule is NSNC(=O)c1cc(Cl)c(Oc2ccc(OC(F)(F)F)c(Cl)c2)cc1F. The van der Waals surface area contributed by atoms with Crippen molar-refractivity contribution < 1.29 is 31.8 Å². The van der Waals surface area contributed by atoms with Gasteiger partial charge in [0.05, 0.1) is 15.6 Å². The van der Waals surface area contributed by atoms with E-state index in [-0.39, 0.29) is 27.1 Å². The van der Waals surface area contributed by atoms with Crippen LogP contribution >= 0.6 is 35.3 Å². The Morgan fingerprint density at radius 3 is 2.35 bits per heavy atom. The summed E-state index contributed by atoms with van der Waals surface area (Å²) in [5.74, 6) is -2.59. The summed E-state index contributed by atoms with van der Waals surface area (Å²) in [5.41, 5.74) is -0.368. The molecule has 2 aromatic carbocycles. The zero-order chi connectivity index (χ0) is 19.5. The number of carbonyl (C=O) groups excluding carboxylic acids is 1. The molecule has 0 heterocycles. The first-order valence-corrected chi connectivity index (χ1v) is 8.12. The Morgan fingerprint density at radius 1 is 1.12 bits per heavy atom. The Balaban J connectivity index is 2.25. The predicted octanol–water partition coefficient (Wildman–Crippen LogP) is 5.08. The first kappa shape index (κ1) is 20.4. The number of benzene rings is 2. The van der Waals surface area contributed by atoms with Crippen molar-refractivity contribution in [2.45, 2.75) is 6.36 Å². The topological polar surface area (TPSA) is 73.6 Å². The summed E-state index contributed by atoms with van der Waals surface area (Å²) in [6.45, 7) is 0. The molecular formula is C14H8Cl2F4N2O3S. The maximum Gasteiger partial charge on any atom is 0.573 e. The summed E-state index contributed by atoms with van der Waals surface area (Å²) in [6, 6.07) is 4.93. The molecule has 12 heteroatoms. The molecule has 1 amide bonds. The number of alkyl halides is 3. The van der Waals surface area contributed by atoms with Crippen LogP contribution in [-0.4, -0.2) is 12.3 Å². The monoisotopic (exact) mass is 430 g/mol.